The summed E-state index contributed by atoms with van der Waals surface area (Å²) in [6, 6.07) is 11.2. The molecule has 2 heterocycles. The van der Waals surface area contributed by atoms with Gasteiger partial charge < -0.3 is 10.1 Å². The Kier molecular flexibility index (Phi) is 6.68. The van der Waals surface area contributed by atoms with E-state index in [-0.39, 0.29) is 21.3 Å². The van der Waals surface area contributed by atoms with Gasteiger partial charge in [0.2, 0.25) is 10.0 Å². The van der Waals surface area contributed by atoms with Crippen molar-refractivity contribution in [3.8, 4) is 0 Å². The lowest BCUT2D eigenvalue weighted by Gasteiger charge is -2.26. The molecule has 0 spiro atoms. The second-order valence-corrected chi connectivity index (χ2v) is 10.1. The van der Waals surface area contributed by atoms with Crippen molar-refractivity contribution in [1.29, 1.82) is 0 Å². The Balaban J connectivity index is 1.47. The molecule has 33 heavy (non-hydrogen) atoms. The molecule has 2 N–H and O–H groups in total. The standard InChI is InChI=1S/C22H23ClN4O5S/c1-14(32-22(29)20-16-7-3-4-8-18(16)25-26-20)21(28)24-19-13-15(9-10-17(19)23)33(30,31)27-11-5-2-6-12-27/h3-4,7-10,13-14H,2,5-6,11-12H2,1H3,(H,24,28)(H,25,26). The van der Waals surface area contributed by atoms with Crippen LogP contribution in [-0.4, -0.2) is 54.0 Å². The molecule has 0 aliphatic carbocycles. The Morgan fingerprint density at radius 1 is 1.15 bits per heavy atom. The maximum atomic E-state index is 12.9. The predicted molar refractivity (Wildman–Crippen MR) is 124 cm³/mol. The van der Waals surface area contributed by atoms with Gasteiger partial charge in [-0.15, -0.1) is 0 Å². The highest BCUT2D eigenvalue weighted by molar-refractivity contribution is 7.89. The number of fused-ring (bicyclic) bond motifs is 1. The number of amides is 1. The van der Waals surface area contributed by atoms with Gasteiger partial charge in [-0.05, 0) is 44.0 Å². The number of nitrogens with zero attached hydrogens (tertiary/aromatic N) is 2. The number of anilines is 1. The molecule has 3 aromatic rings. The first-order valence-corrected chi connectivity index (χ1v) is 12.3. The van der Waals surface area contributed by atoms with Gasteiger partial charge in [-0.3, -0.25) is 9.89 Å². The van der Waals surface area contributed by atoms with Crippen molar-refractivity contribution >= 4 is 50.1 Å². The number of para-hydroxylation sites is 1. The summed E-state index contributed by atoms with van der Waals surface area (Å²) in [5.74, 6) is -1.42. The first-order chi connectivity index (χ1) is 15.8. The first kappa shape index (κ1) is 23.2. The van der Waals surface area contributed by atoms with Crippen LogP contribution in [0.2, 0.25) is 5.02 Å². The van der Waals surface area contributed by atoms with Gasteiger partial charge in [-0.1, -0.05) is 36.2 Å². The van der Waals surface area contributed by atoms with Gasteiger partial charge in [-0.2, -0.15) is 9.40 Å². The molecule has 0 saturated carbocycles. The lowest BCUT2D eigenvalue weighted by atomic mass is 10.2. The summed E-state index contributed by atoms with van der Waals surface area (Å²) in [5, 5.41) is 10.00. The van der Waals surface area contributed by atoms with Crippen LogP contribution in [0.15, 0.2) is 47.4 Å². The van der Waals surface area contributed by atoms with E-state index in [9.17, 15) is 18.0 Å². The van der Waals surface area contributed by atoms with Crippen molar-refractivity contribution in [2.24, 2.45) is 0 Å². The smallest absolute Gasteiger partial charge is 0.360 e. The third-order valence-electron chi connectivity index (χ3n) is 5.47. The zero-order valence-electron chi connectivity index (χ0n) is 17.9. The van der Waals surface area contributed by atoms with E-state index in [1.165, 1.54) is 29.4 Å². The summed E-state index contributed by atoms with van der Waals surface area (Å²) in [4.78, 5) is 25.2. The highest BCUT2D eigenvalue weighted by Crippen LogP contribution is 2.28. The maximum Gasteiger partial charge on any atom is 0.360 e. The maximum absolute atomic E-state index is 12.9. The second kappa shape index (κ2) is 9.50. The minimum Gasteiger partial charge on any atom is -0.448 e. The SMILES string of the molecule is CC(OC(=O)c1n[nH]c2ccccc12)C(=O)Nc1cc(S(=O)(=O)N2CCCCC2)ccc1Cl. The fourth-order valence-electron chi connectivity index (χ4n) is 3.64. The Morgan fingerprint density at radius 3 is 2.64 bits per heavy atom. The third kappa shape index (κ3) is 4.87. The van der Waals surface area contributed by atoms with Crippen LogP contribution in [-0.2, 0) is 19.6 Å². The van der Waals surface area contributed by atoms with Gasteiger partial charge in [0.25, 0.3) is 5.91 Å². The molecule has 1 aliphatic heterocycles. The topological polar surface area (TPSA) is 121 Å². The van der Waals surface area contributed by atoms with E-state index in [4.69, 9.17) is 16.3 Å². The Labute approximate surface area is 196 Å². The van der Waals surface area contributed by atoms with Crippen LogP contribution in [0.3, 0.4) is 0 Å². The summed E-state index contributed by atoms with van der Waals surface area (Å²) >= 11 is 6.19. The van der Waals surface area contributed by atoms with E-state index >= 15 is 0 Å². The number of halogens is 1. The quantitative estimate of drug-likeness (QED) is 0.509. The highest BCUT2D eigenvalue weighted by Gasteiger charge is 2.27. The number of piperidine rings is 1. The van der Waals surface area contributed by atoms with Crippen molar-refractivity contribution in [1.82, 2.24) is 14.5 Å². The molecule has 4 rings (SSSR count). The molecule has 174 valence electrons. The minimum absolute atomic E-state index is 0.0386. The van der Waals surface area contributed by atoms with Crippen LogP contribution in [0.5, 0.6) is 0 Å². The van der Waals surface area contributed by atoms with E-state index in [2.05, 4.69) is 15.5 Å². The number of H-pyrrole nitrogens is 1. The van der Waals surface area contributed by atoms with E-state index < -0.39 is 28.0 Å². The number of ether oxygens (including phenoxy) is 1. The predicted octanol–water partition coefficient (Wildman–Crippen LogP) is 3.57. The number of nitrogens with one attached hydrogen (secondary N) is 2. The third-order valence-corrected chi connectivity index (χ3v) is 7.69. The van der Waals surface area contributed by atoms with Crippen LogP contribution >= 0.6 is 11.6 Å². The molecule has 1 unspecified atom stereocenters. The average molecular weight is 491 g/mol. The first-order valence-electron chi connectivity index (χ1n) is 10.5. The Bertz CT molecular complexity index is 1300. The number of hydrogen-bond acceptors (Lipinski definition) is 6. The number of carbonyl (C=O) groups excluding carboxylic acids is 2. The zero-order valence-corrected chi connectivity index (χ0v) is 19.4. The molecule has 0 radical (unpaired) electrons. The number of hydrogen-bond donors (Lipinski definition) is 2. The minimum atomic E-state index is -3.70. The van der Waals surface area contributed by atoms with Crippen molar-refractivity contribution in [3.05, 3.63) is 53.2 Å². The average Bonchev–Trinajstić information content (AvgIpc) is 3.25. The van der Waals surface area contributed by atoms with E-state index in [0.29, 0.717) is 24.0 Å². The molecular weight excluding hydrogens is 468 g/mol. The van der Waals surface area contributed by atoms with Crippen molar-refractivity contribution in [2.45, 2.75) is 37.2 Å². The van der Waals surface area contributed by atoms with Gasteiger partial charge in [-0.25, -0.2) is 13.2 Å². The number of aromatic amines is 1. The summed E-state index contributed by atoms with van der Waals surface area (Å²) in [6.07, 6.45) is 1.44. The van der Waals surface area contributed by atoms with Crippen LogP contribution in [0.25, 0.3) is 10.9 Å². The van der Waals surface area contributed by atoms with Crippen LogP contribution in [0.4, 0.5) is 5.69 Å². The van der Waals surface area contributed by atoms with Crippen molar-refractivity contribution in [3.63, 3.8) is 0 Å². The van der Waals surface area contributed by atoms with Gasteiger partial charge in [0, 0.05) is 18.5 Å². The van der Waals surface area contributed by atoms with Crippen molar-refractivity contribution < 1.29 is 22.7 Å². The Hall–Kier alpha value is -2.95. The number of sulfonamides is 1. The molecular formula is C22H23ClN4O5S. The van der Waals surface area contributed by atoms with E-state index in [0.717, 1.165) is 19.3 Å². The van der Waals surface area contributed by atoms with Gasteiger partial charge >= 0.3 is 5.97 Å². The number of rotatable bonds is 6. The monoisotopic (exact) mass is 490 g/mol. The number of carbonyl (C=O) groups is 2. The molecule has 1 atom stereocenters. The van der Waals surface area contributed by atoms with Gasteiger partial charge in [0.1, 0.15) is 0 Å². The normalized spacial score (nSPS) is 15.8. The second-order valence-electron chi connectivity index (χ2n) is 7.76. The summed E-state index contributed by atoms with van der Waals surface area (Å²) in [7, 11) is -3.70. The lowest BCUT2D eigenvalue weighted by Crippen LogP contribution is -2.35. The van der Waals surface area contributed by atoms with Crippen LogP contribution < -0.4 is 5.32 Å². The van der Waals surface area contributed by atoms with Gasteiger partial charge in [0.15, 0.2) is 11.8 Å². The van der Waals surface area contributed by atoms with Gasteiger partial charge in [0.05, 0.1) is 21.1 Å². The number of esters is 1. The van der Waals surface area contributed by atoms with Crippen LogP contribution in [0.1, 0.15) is 36.7 Å². The van der Waals surface area contributed by atoms with E-state index in [1.54, 1.807) is 24.3 Å². The number of aromatic nitrogens is 2. The molecule has 1 saturated heterocycles. The lowest BCUT2D eigenvalue weighted by molar-refractivity contribution is -0.123. The molecule has 1 amide bonds. The molecule has 1 aromatic heterocycles. The zero-order chi connectivity index (χ0) is 23.6. The van der Waals surface area contributed by atoms with Crippen LogP contribution in [0, 0.1) is 0 Å². The molecule has 11 heteroatoms. The number of benzene rings is 2. The molecule has 2 aromatic carbocycles. The largest absolute Gasteiger partial charge is 0.448 e. The summed E-state index contributed by atoms with van der Waals surface area (Å²) < 4.78 is 32.6. The highest BCUT2D eigenvalue weighted by atomic mass is 35.5. The fourth-order valence-corrected chi connectivity index (χ4v) is 5.35. The fraction of sp³-hybridized carbons (Fsp3) is 0.318. The van der Waals surface area contributed by atoms with Crippen molar-refractivity contribution in [2.75, 3.05) is 18.4 Å². The summed E-state index contributed by atoms with van der Waals surface area (Å²) in [5.41, 5.74) is 0.853. The summed E-state index contributed by atoms with van der Waals surface area (Å²) in [6.45, 7) is 2.33. The van der Waals surface area contributed by atoms with E-state index in [1.807, 2.05) is 0 Å². The molecule has 9 nitrogen and oxygen atoms in total. The molecule has 0 bridgehead atoms. The molecule has 1 aliphatic rings. The Morgan fingerprint density at radius 2 is 1.88 bits per heavy atom. The molecule has 1 fully saturated rings.